The minimum atomic E-state index is 0.0235. The molecule has 158 valence electrons. The quantitative estimate of drug-likeness (QED) is 0.493. The van der Waals surface area contributed by atoms with Crippen LogP contribution in [0.5, 0.6) is 0 Å². The van der Waals surface area contributed by atoms with Crippen LogP contribution >= 0.6 is 0 Å². The van der Waals surface area contributed by atoms with Gasteiger partial charge in [-0.05, 0) is 32.1 Å². The Labute approximate surface area is 169 Å². The van der Waals surface area contributed by atoms with E-state index in [-0.39, 0.29) is 24.4 Å². The molecule has 2 aliphatic carbocycles. The monoisotopic (exact) mass is 391 g/mol. The molecule has 7 heteroatoms. The molecule has 0 aromatic heterocycles. The fourth-order valence-electron chi connectivity index (χ4n) is 4.76. The maximum atomic E-state index is 12.7. The summed E-state index contributed by atoms with van der Waals surface area (Å²) < 4.78 is 0. The van der Waals surface area contributed by atoms with E-state index < -0.39 is 0 Å². The zero-order valence-corrected chi connectivity index (χ0v) is 17.3. The molecule has 0 bridgehead atoms. The highest BCUT2D eigenvalue weighted by Gasteiger charge is 2.31. The van der Waals surface area contributed by atoms with Crippen LogP contribution in [0.25, 0.3) is 0 Å². The highest BCUT2D eigenvalue weighted by Crippen LogP contribution is 2.26. The van der Waals surface area contributed by atoms with Gasteiger partial charge in [-0.1, -0.05) is 38.5 Å². The molecule has 1 aliphatic heterocycles. The Morgan fingerprint density at radius 2 is 1.57 bits per heavy atom. The fraction of sp³-hybridized carbons (Fsp3) is 0.857. The zero-order chi connectivity index (χ0) is 19.8. The molecule has 0 aromatic rings. The van der Waals surface area contributed by atoms with Crippen molar-refractivity contribution >= 4 is 17.8 Å². The molecule has 7 nitrogen and oxygen atoms in total. The Kier molecular flexibility index (Phi) is 7.98. The molecule has 0 aromatic carbocycles. The molecule has 3 aliphatic rings. The number of carbonyl (C=O) groups is 2. The van der Waals surface area contributed by atoms with Gasteiger partial charge in [0, 0.05) is 38.1 Å². The summed E-state index contributed by atoms with van der Waals surface area (Å²) in [5.41, 5.74) is 0. The maximum absolute atomic E-state index is 12.7. The molecule has 3 rings (SSSR count). The first-order valence-electron chi connectivity index (χ1n) is 11.2. The second-order valence-corrected chi connectivity index (χ2v) is 8.58. The topological polar surface area (TPSA) is 85.8 Å². The number of carbonyl (C=O) groups excluding carboxylic acids is 2. The first-order chi connectivity index (χ1) is 13.7. The summed E-state index contributed by atoms with van der Waals surface area (Å²) >= 11 is 0. The van der Waals surface area contributed by atoms with Gasteiger partial charge in [0.25, 0.3) is 0 Å². The van der Waals surface area contributed by atoms with Gasteiger partial charge in [0.2, 0.25) is 11.8 Å². The van der Waals surface area contributed by atoms with Crippen LogP contribution in [0.4, 0.5) is 0 Å². The van der Waals surface area contributed by atoms with E-state index in [0.717, 1.165) is 45.2 Å². The minimum Gasteiger partial charge on any atom is -0.352 e. The average molecular weight is 392 g/mol. The van der Waals surface area contributed by atoms with Crippen molar-refractivity contribution in [1.82, 2.24) is 20.9 Å². The van der Waals surface area contributed by atoms with Gasteiger partial charge in [0.05, 0.1) is 6.54 Å². The second-order valence-electron chi connectivity index (χ2n) is 8.58. The van der Waals surface area contributed by atoms with E-state index in [2.05, 4.69) is 20.9 Å². The van der Waals surface area contributed by atoms with Crippen molar-refractivity contribution in [1.29, 1.82) is 0 Å². The third-order valence-corrected chi connectivity index (χ3v) is 6.41. The molecule has 1 unspecified atom stereocenters. The van der Waals surface area contributed by atoms with Crippen molar-refractivity contribution in [3.05, 3.63) is 0 Å². The van der Waals surface area contributed by atoms with Gasteiger partial charge in [-0.25, -0.2) is 0 Å². The van der Waals surface area contributed by atoms with Crippen molar-refractivity contribution < 1.29 is 9.59 Å². The molecule has 3 N–H and O–H groups in total. The summed E-state index contributed by atoms with van der Waals surface area (Å²) in [5.74, 6) is 1.22. The summed E-state index contributed by atoms with van der Waals surface area (Å²) in [6.45, 7) is 1.77. The third-order valence-electron chi connectivity index (χ3n) is 6.41. The summed E-state index contributed by atoms with van der Waals surface area (Å²) in [7, 11) is 1.72. The largest absolute Gasteiger partial charge is 0.352 e. The molecule has 1 heterocycles. The summed E-state index contributed by atoms with van der Waals surface area (Å²) in [6.07, 6.45) is 12.5. The van der Waals surface area contributed by atoms with Crippen LogP contribution in [-0.4, -0.2) is 61.4 Å². The molecule has 2 amide bonds. The molecule has 2 saturated carbocycles. The molecular formula is C21H37N5O2. The number of nitrogens with one attached hydrogen (secondary N) is 3. The van der Waals surface area contributed by atoms with E-state index in [1.807, 2.05) is 4.90 Å². The zero-order valence-electron chi connectivity index (χ0n) is 17.3. The lowest BCUT2D eigenvalue weighted by Gasteiger charge is -2.26. The van der Waals surface area contributed by atoms with Crippen LogP contribution in [0.1, 0.15) is 70.6 Å². The van der Waals surface area contributed by atoms with Crippen molar-refractivity contribution in [2.75, 3.05) is 26.7 Å². The second kappa shape index (κ2) is 10.7. The summed E-state index contributed by atoms with van der Waals surface area (Å²) in [6, 6.07) is 0.521. The Morgan fingerprint density at radius 3 is 2.25 bits per heavy atom. The molecular weight excluding hydrogens is 354 g/mol. The van der Waals surface area contributed by atoms with Crippen molar-refractivity contribution in [3.63, 3.8) is 0 Å². The number of amides is 2. The molecule has 0 radical (unpaired) electrons. The van der Waals surface area contributed by atoms with Gasteiger partial charge in [-0.15, -0.1) is 0 Å². The fourth-order valence-corrected chi connectivity index (χ4v) is 4.76. The average Bonchev–Trinajstić information content (AvgIpc) is 3.20. The summed E-state index contributed by atoms with van der Waals surface area (Å²) in [4.78, 5) is 31.1. The lowest BCUT2D eigenvalue weighted by molar-refractivity contribution is -0.135. The normalized spacial score (nSPS) is 24.8. The Balaban J connectivity index is 1.37. The van der Waals surface area contributed by atoms with E-state index in [4.69, 9.17) is 0 Å². The molecule has 1 atom stereocenters. The van der Waals surface area contributed by atoms with Gasteiger partial charge in [-0.2, -0.15) is 0 Å². The van der Waals surface area contributed by atoms with Gasteiger partial charge < -0.3 is 20.9 Å². The van der Waals surface area contributed by atoms with Gasteiger partial charge in [0.1, 0.15) is 0 Å². The minimum absolute atomic E-state index is 0.0235. The van der Waals surface area contributed by atoms with Crippen LogP contribution in [0.3, 0.4) is 0 Å². The predicted octanol–water partition coefficient (Wildman–Crippen LogP) is 1.78. The van der Waals surface area contributed by atoms with E-state index in [1.54, 1.807) is 7.05 Å². The lowest BCUT2D eigenvalue weighted by Crippen LogP contribution is -2.49. The Morgan fingerprint density at radius 1 is 0.893 bits per heavy atom. The van der Waals surface area contributed by atoms with Crippen LogP contribution < -0.4 is 16.0 Å². The van der Waals surface area contributed by atoms with E-state index in [0.29, 0.717) is 17.9 Å². The van der Waals surface area contributed by atoms with Crippen molar-refractivity contribution in [2.24, 2.45) is 10.9 Å². The third kappa shape index (κ3) is 6.11. The van der Waals surface area contributed by atoms with Crippen molar-refractivity contribution in [2.45, 2.75) is 82.7 Å². The first-order valence-corrected chi connectivity index (χ1v) is 11.2. The highest BCUT2D eigenvalue weighted by atomic mass is 16.2. The SMILES string of the molecule is CN=C(NCC(=O)NC1CCCCC1)NC1CCN(C(=O)C2CCCCC2)C1. The van der Waals surface area contributed by atoms with Crippen LogP contribution in [0.15, 0.2) is 4.99 Å². The number of guanidine groups is 1. The van der Waals surface area contributed by atoms with Crippen molar-refractivity contribution in [3.8, 4) is 0 Å². The van der Waals surface area contributed by atoms with Gasteiger partial charge in [-0.3, -0.25) is 14.6 Å². The van der Waals surface area contributed by atoms with Gasteiger partial charge in [0.15, 0.2) is 5.96 Å². The summed E-state index contributed by atoms with van der Waals surface area (Å²) in [5, 5.41) is 9.61. The lowest BCUT2D eigenvalue weighted by atomic mass is 9.88. The smallest absolute Gasteiger partial charge is 0.239 e. The Hall–Kier alpha value is -1.79. The molecule has 1 saturated heterocycles. The Bertz CT molecular complexity index is 553. The van der Waals surface area contributed by atoms with Crippen LogP contribution in [-0.2, 0) is 9.59 Å². The number of hydrogen-bond acceptors (Lipinski definition) is 3. The number of aliphatic imine (C=N–C) groups is 1. The standard InChI is InChI=1S/C21H37N5O2/c1-22-21(23-14-19(27)24-17-10-6-3-7-11-17)25-18-12-13-26(15-18)20(28)16-8-4-2-5-9-16/h16-18H,2-15H2,1H3,(H,24,27)(H2,22,23,25). The predicted molar refractivity (Wildman–Crippen MR) is 111 cm³/mol. The first kappa shape index (κ1) is 20.9. The van der Waals surface area contributed by atoms with E-state index >= 15 is 0 Å². The van der Waals surface area contributed by atoms with E-state index in [1.165, 1.54) is 38.5 Å². The number of likely N-dealkylation sites (tertiary alicyclic amines) is 1. The maximum Gasteiger partial charge on any atom is 0.239 e. The van der Waals surface area contributed by atoms with E-state index in [9.17, 15) is 9.59 Å². The van der Waals surface area contributed by atoms with Crippen LogP contribution in [0.2, 0.25) is 0 Å². The number of nitrogens with zero attached hydrogens (tertiary/aromatic N) is 2. The number of rotatable bonds is 5. The molecule has 3 fully saturated rings. The highest BCUT2D eigenvalue weighted by molar-refractivity contribution is 5.86. The molecule has 0 spiro atoms. The number of hydrogen-bond donors (Lipinski definition) is 3. The van der Waals surface area contributed by atoms with Gasteiger partial charge >= 0.3 is 0 Å². The molecule has 28 heavy (non-hydrogen) atoms. The van der Waals surface area contributed by atoms with Crippen LogP contribution in [0, 0.1) is 5.92 Å².